The summed E-state index contributed by atoms with van der Waals surface area (Å²) in [5, 5.41) is 7.80. The number of urea groups is 1. The van der Waals surface area contributed by atoms with Gasteiger partial charge in [0.15, 0.2) is 0 Å². The summed E-state index contributed by atoms with van der Waals surface area (Å²) < 4.78 is 5.09. The van der Waals surface area contributed by atoms with Gasteiger partial charge in [-0.25, -0.2) is 4.79 Å². The first-order valence-corrected chi connectivity index (χ1v) is 5.99. The largest absolute Gasteiger partial charge is 0.444 e. The van der Waals surface area contributed by atoms with Crippen LogP contribution in [0.4, 0.5) is 9.59 Å². The van der Waals surface area contributed by atoms with E-state index in [-0.39, 0.29) is 5.92 Å². The molecule has 108 valence electrons. The molecule has 8 nitrogen and oxygen atoms in total. The molecule has 1 atom stereocenters. The molecule has 0 fully saturated rings. The zero-order valence-electron chi connectivity index (χ0n) is 11.9. The lowest BCUT2D eigenvalue weighted by atomic mass is 10.1. The maximum Gasteiger partial charge on any atom is 0.409 e. The second-order valence-electron chi connectivity index (χ2n) is 5.47. The van der Waals surface area contributed by atoms with Crippen molar-refractivity contribution in [2.75, 3.05) is 0 Å². The summed E-state index contributed by atoms with van der Waals surface area (Å²) in [6.45, 7) is 9.08. The Morgan fingerprint density at radius 1 is 1.32 bits per heavy atom. The molecule has 0 rings (SSSR count). The number of rotatable bonds is 4. The van der Waals surface area contributed by atoms with Gasteiger partial charge in [0.05, 0.1) is 0 Å². The van der Waals surface area contributed by atoms with E-state index in [4.69, 9.17) is 10.3 Å². The topological polar surface area (TPSA) is 116 Å². The summed E-state index contributed by atoms with van der Waals surface area (Å²) in [4.78, 5) is 25.2. The number of nitrogens with one attached hydrogen (secondary N) is 2. The Kier molecular flexibility index (Phi) is 6.71. The quantitative estimate of drug-likeness (QED) is 0.354. The molecule has 0 aromatic rings. The van der Waals surface area contributed by atoms with Crippen LogP contribution in [0.25, 0.3) is 10.4 Å². The zero-order chi connectivity index (χ0) is 15.1. The Hall–Kier alpha value is -1.95. The fourth-order valence-electron chi connectivity index (χ4n) is 1.29. The first-order chi connectivity index (χ1) is 8.64. The van der Waals surface area contributed by atoms with Crippen molar-refractivity contribution in [3.05, 3.63) is 10.4 Å². The molecular weight excluding hydrogens is 250 g/mol. The standard InChI is InChI=1S/C11H21N5O3/c1-7(2)6-8(13-9(17)15-16-12)14-10(18)19-11(3,4)5/h7-8H,6H2,1-5H3,(H,13,17)(H,14,18). The number of hydrogen-bond acceptors (Lipinski definition) is 3. The lowest BCUT2D eigenvalue weighted by Gasteiger charge is -2.24. The molecule has 0 radical (unpaired) electrons. The van der Waals surface area contributed by atoms with Crippen molar-refractivity contribution in [3.8, 4) is 0 Å². The van der Waals surface area contributed by atoms with Crippen molar-refractivity contribution in [2.45, 2.75) is 52.8 Å². The van der Waals surface area contributed by atoms with E-state index in [1.165, 1.54) is 0 Å². The van der Waals surface area contributed by atoms with Crippen molar-refractivity contribution >= 4 is 12.1 Å². The van der Waals surface area contributed by atoms with Crippen molar-refractivity contribution < 1.29 is 14.3 Å². The van der Waals surface area contributed by atoms with Crippen LogP contribution in [-0.4, -0.2) is 23.9 Å². The van der Waals surface area contributed by atoms with Crippen LogP contribution in [0.2, 0.25) is 0 Å². The number of carbonyl (C=O) groups is 2. The van der Waals surface area contributed by atoms with Gasteiger partial charge >= 0.3 is 12.1 Å². The van der Waals surface area contributed by atoms with Gasteiger partial charge in [-0.1, -0.05) is 13.8 Å². The van der Waals surface area contributed by atoms with Gasteiger partial charge in [0.1, 0.15) is 11.8 Å². The number of hydrogen-bond donors (Lipinski definition) is 2. The molecule has 0 aliphatic rings. The van der Waals surface area contributed by atoms with Crippen molar-refractivity contribution in [3.63, 3.8) is 0 Å². The normalized spacial score (nSPS) is 12.3. The Balaban J connectivity index is 4.54. The minimum atomic E-state index is -0.843. The number of ether oxygens (including phenoxy) is 1. The molecule has 0 heterocycles. The second-order valence-corrected chi connectivity index (χ2v) is 5.47. The minimum absolute atomic E-state index is 0.228. The number of amides is 3. The van der Waals surface area contributed by atoms with Crippen LogP contribution in [0.15, 0.2) is 5.11 Å². The van der Waals surface area contributed by atoms with Crippen LogP contribution < -0.4 is 10.6 Å². The van der Waals surface area contributed by atoms with E-state index in [0.29, 0.717) is 6.42 Å². The molecule has 0 spiro atoms. The fraction of sp³-hybridized carbons (Fsp3) is 0.818. The van der Waals surface area contributed by atoms with Gasteiger partial charge in [0.2, 0.25) is 0 Å². The average Bonchev–Trinajstić information content (AvgIpc) is 2.12. The summed E-state index contributed by atoms with van der Waals surface area (Å²) in [5.74, 6) is 0.228. The van der Waals surface area contributed by atoms with E-state index in [2.05, 4.69) is 20.7 Å². The third-order valence-corrected chi connectivity index (χ3v) is 1.83. The first kappa shape index (κ1) is 17.1. The van der Waals surface area contributed by atoms with E-state index < -0.39 is 23.9 Å². The molecule has 19 heavy (non-hydrogen) atoms. The highest BCUT2D eigenvalue weighted by Gasteiger charge is 2.20. The summed E-state index contributed by atoms with van der Waals surface area (Å²) in [7, 11) is 0. The Labute approximate surface area is 112 Å². The van der Waals surface area contributed by atoms with Crippen LogP contribution in [0.1, 0.15) is 41.0 Å². The molecule has 1 unspecified atom stereocenters. The fourth-order valence-corrected chi connectivity index (χ4v) is 1.29. The lowest BCUT2D eigenvalue weighted by molar-refractivity contribution is 0.0492. The van der Waals surface area contributed by atoms with Gasteiger partial charge in [-0.05, 0) is 38.6 Å². The number of carbonyl (C=O) groups excluding carboxylic acids is 2. The highest BCUT2D eigenvalue weighted by Crippen LogP contribution is 2.08. The smallest absolute Gasteiger partial charge is 0.409 e. The second kappa shape index (κ2) is 7.48. The number of azide groups is 1. The summed E-state index contributed by atoms with van der Waals surface area (Å²) >= 11 is 0. The maximum atomic E-state index is 11.6. The predicted octanol–water partition coefficient (Wildman–Crippen LogP) is 2.90. The van der Waals surface area contributed by atoms with E-state index in [0.717, 1.165) is 0 Å². The molecule has 8 heteroatoms. The molecule has 0 aromatic carbocycles. The third-order valence-electron chi connectivity index (χ3n) is 1.83. The summed E-state index contributed by atoms with van der Waals surface area (Å²) in [6, 6.07) is -0.843. The van der Waals surface area contributed by atoms with Crippen LogP contribution in [0, 0.1) is 5.92 Å². The Morgan fingerprint density at radius 2 is 1.89 bits per heavy atom. The predicted molar refractivity (Wildman–Crippen MR) is 70.3 cm³/mol. The molecular formula is C11H21N5O3. The van der Waals surface area contributed by atoms with Gasteiger partial charge in [-0.15, -0.1) is 0 Å². The molecule has 3 amide bonds. The summed E-state index contributed by atoms with van der Waals surface area (Å²) in [6.07, 6.45) is -0.793. The highest BCUT2D eigenvalue weighted by atomic mass is 16.6. The first-order valence-electron chi connectivity index (χ1n) is 5.99. The monoisotopic (exact) mass is 271 g/mol. The minimum Gasteiger partial charge on any atom is -0.444 e. The van der Waals surface area contributed by atoms with Crippen LogP contribution in [0.5, 0.6) is 0 Å². The molecule has 0 aliphatic carbocycles. The molecule has 0 aliphatic heterocycles. The molecule has 0 aromatic heterocycles. The summed E-state index contributed by atoms with van der Waals surface area (Å²) in [5.41, 5.74) is 7.53. The Morgan fingerprint density at radius 3 is 2.32 bits per heavy atom. The van der Waals surface area contributed by atoms with E-state index >= 15 is 0 Å². The highest BCUT2D eigenvalue weighted by molar-refractivity contribution is 5.76. The average molecular weight is 271 g/mol. The number of alkyl carbamates (subject to hydrolysis) is 1. The third kappa shape index (κ3) is 9.72. The molecule has 2 N–H and O–H groups in total. The van der Waals surface area contributed by atoms with Crippen molar-refractivity contribution in [2.24, 2.45) is 11.0 Å². The Bertz CT molecular complexity index is 369. The van der Waals surface area contributed by atoms with Crippen LogP contribution >= 0.6 is 0 Å². The SMILES string of the molecule is CC(C)CC(NC(=O)N=[N+]=[N-])NC(=O)OC(C)(C)C. The number of nitrogens with zero attached hydrogens (tertiary/aromatic N) is 3. The molecule has 0 saturated heterocycles. The van der Waals surface area contributed by atoms with Gasteiger partial charge < -0.3 is 15.4 Å². The van der Waals surface area contributed by atoms with E-state index in [1.807, 2.05) is 13.8 Å². The molecule has 0 bridgehead atoms. The van der Waals surface area contributed by atoms with E-state index in [1.54, 1.807) is 20.8 Å². The van der Waals surface area contributed by atoms with Gasteiger partial charge in [0, 0.05) is 10.0 Å². The van der Waals surface area contributed by atoms with E-state index in [9.17, 15) is 9.59 Å². The zero-order valence-corrected chi connectivity index (χ0v) is 11.9. The van der Waals surface area contributed by atoms with Gasteiger partial charge in [0.25, 0.3) is 0 Å². The molecule has 0 saturated carbocycles. The lowest BCUT2D eigenvalue weighted by Crippen LogP contribution is -2.49. The van der Waals surface area contributed by atoms with Crippen molar-refractivity contribution in [1.29, 1.82) is 0 Å². The van der Waals surface area contributed by atoms with Crippen LogP contribution in [-0.2, 0) is 4.74 Å². The van der Waals surface area contributed by atoms with Crippen LogP contribution in [0.3, 0.4) is 0 Å². The van der Waals surface area contributed by atoms with Gasteiger partial charge in [-0.3, -0.25) is 4.79 Å². The van der Waals surface area contributed by atoms with Crippen molar-refractivity contribution in [1.82, 2.24) is 10.6 Å². The maximum absolute atomic E-state index is 11.6. The van der Waals surface area contributed by atoms with Gasteiger partial charge in [-0.2, -0.15) is 0 Å².